The maximum absolute atomic E-state index is 12.9. The molecule has 0 radical (unpaired) electrons. The zero-order chi connectivity index (χ0) is 21.0. The maximum Gasteiger partial charge on any atom is 0.244 e. The Morgan fingerprint density at radius 2 is 2.00 bits per heavy atom. The number of nitrogens with zero attached hydrogens (tertiary/aromatic N) is 2. The fraction of sp³-hybridized carbons (Fsp3) is 0.250. The predicted octanol–water partition coefficient (Wildman–Crippen LogP) is 4.61. The maximum atomic E-state index is 12.9. The van der Waals surface area contributed by atoms with E-state index in [1.54, 1.807) is 37.3 Å². The van der Waals surface area contributed by atoms with Gasteiger partial charge in [-0.3, -0.25) is 9.89 Å². The summed E-state index contributed by atoms with van der Waals surface area (Å²) in [4.78, 5) is 14.7. The molecule has 0 unspecified atom stereocenters. The van der Waals surface area contributed by atoms with Gasteiger partial charge in [0.05, 0.1) is 19.9 Å². The van der Waals surface area contributed by atoms with Crippen LogP contribution in [0.25, 0.3) is 0 Å². The smallest absolute Gasteiger partial charge is 0.244 e. The summed E-state index contributed by atoms with van der Waals surface area (Å²) in [5, 5.41) is 10.6. The SMILES string of the molecule is COc1ccc(OC)c(N(CC(=O)Nc2cc(C)ccc2C)c2n[nH]c(=S)s2)c1. The topological polar surface area (TPSA) is 79.5 Å². The van der Waals surface area contributed by atoms with E-state index in [0.29, 0.717) is 26.3 Å². The molecule has 2 aromatic carbocycles. The molecule has 29 heavy (non-hydrogen) atoms. The Hall–Kier alpha value is -2.91. The summed E-state index contributed by atoms with van der Waals surface area (Å²) < 4.78 is 11.4. The number of nitrogens with one attached hydrogen (secondary N) is 2. The van der Waals surface area contributed by atoms with Gasteiger partial charge in [-0.15, -0.1) is 5.10 Å². The van der Waals surface area contributed by atoms with E-state index in [1.165, 1.54) is 11.3 Å². The van der Waals surface area contributed by atoms with Crippen LogP contribution in [0.4, 0.5) is 16.5 Å². The van der Waals surface area contributed by atoms with Crippen molar-refractivity contribution in [3.8, 4) is 11.5 Å². The first kappa shape index (κ1) is 20.8. The van der Waals surface area contributed by atoms with Gasteiger partial charge < -0.3 is 19.7 Å². The molecule has 1 heterocycles. The lowest BCUT2D eigenvalue weighted by molar-refractivity contribution is -0.114. The van der Waals surface area contributed by atoms with Crippen LogP contribution in [0.5, 0.6) is 11.5 Å². The van der Waals surface area contributed by atoms with Crippen molar-refractivity contribution in [1.29, 1.82) is 0 Å². The van der Waals surface area contributed by atoms with Crippen LogP contribution in [0.1, 0.15) is 11.1 Å². The van der Waals surface area contributed by atoms with Crippen LogP contribution in [0.15, 0.2) is 36.4 Å². The van der Waals surface area contributed by atoms with Crippen LogP contribution in [0, 0.1) is 17.8 Å². The second kappa shape index (κ2) is 9.06. The molecular weight excluding hydrogens is 408 g/mol. The lowest BCUT2D eigenvalue weighted by atomic mass is 10.1. The first-order valence-electron chi connectivity index (χ1n) is 8.83. The highest BCUT2D eigenvalue weighted by Crippen LogP contribution is 2.37. The van der Waals surface area contributed by atoms with E-state index in [9.17, 15) is 4.79 Å². The Morgan fingerprint density at radius 3 is 2.66 bits per heavy atom. The fourth-order valence-corrected chi connectivity index (χ4v) is 3.70. The molecule has 3 rings (SSSR count). The number of anilines is 3. The molecule has 1 aromatic heterocycles. The minimum atomic E-state index is -0.190. The molecule has 1 amide bonds. The quantitative estimate of drug-likeness (QED) is 0.533. The van der Waals surface area contributed by atoms with E-state index in [0.717, 1.165) is 16.8 Å². The average Bonchev–Trinajstić information content (AvgIpc) is 3.14. The third-order valence-electron chi connectivity index (χ3n) is 4.30. The van der Waals surface area contributed by atoms with Crippen molar-refractivity contribution in [2.45, 2.75) is 13.8 Å². The van der Waals surface area contributed by atoms with Gasteiger partial charge in [-0.1, -0.05) is 23.5 Å². The van der Waals surface area contributed by atoms with Crippen LogP contribution in [-0.2, 0) is 4.79 Å². The van der Waals surface area contributed by atoms with Crippen molar-refractivity contribution in [3.63, 3.8) is 0 Å². The summed E-state index contributed by atoms with van der Waals surface area (Å²) in [5.74, 6) is 1.04. The lowest BCUT2D eigenvalue weighted by Crippen LogP contribution is -2.30. The number of aromatic amines is 1. The number of hydrogen-bond donors (Lipinski definition) is 2. The lowest BCUT2D eigenvalue weighted by Gasteiger charge is -2.24. The molecule has 3 aromatic rings. The van der Waals surface area contributed by atoms with E-state index in [-0.39, 0.29) is 12.5 Å². The molecule has 0 bridgehead atoms. The molecule has 152 valence electrons. The molecule has 0 aliphatic carbocycles. The van der Waals surface area contributed by atoms with E-state index in [2.05, 4.69) is 15.5 Å². The van der Waals surface area contributed by atoms with E-state index >= 15 is 0 Å². The molecule has 0 fully saturated rings. The number of methoxy groups -OCH3 is 2. The molecule has 2 N–H and O–H groups in total. The van der Waals surface area contributed by atoms with Gasteiger partial charge in [-0.25, -0.2) is 0 Å². The summed E-state index contributed by atoms with van der Waals surface area (Å²) in [6, 6.07) is 11.3. The first-order valence-corrected chi connectivity index (χ1v) is 10.1. The molecule has 0 saturated heterocycles. The number of H-pyrrole nitrogens is 1. The molecule has 9 heteroatoms. The molecular formula is C20H22N4O3S2. The highest BCUT2D eigenvalue weighted by molar-refractivity contribution is 7.73. The van der Waals surface area contributed by atoms with Gasteiger partial charge in [-0.2, -0.15) is 0 Å². The van der Waals surface area contributed by atoms with Crippen molar-refractivity contribution in [1.82, 2.24) is 10.2 Å². The zero-order valence-electron chi connectivity index (χ0n) is 16.6. The summed E-state index contributed by atoms with van der Waals surface area (Å²) in [6.07, 6.45) is 0. The fourth-order valence-electron chi connectivity index (χ4n) is 2.80. The van der Waals surface area contributed by atoms with Gasteiger partial charge in [0.15, 0.2) is 3.95 Å². The number of benzene rings is 2. The highest BCUT2D eigenvalue weighted by Gasteiger charge is 2.21. The number of hydrogen-bond acceptors (Lipinski definition) is 7. The second-order valence-corrected chi connectivity index (χ2v) is 8.03. The normalized spacial score (nSPS) is 10.5. The Labute approximate surface area is 178 Å². The van der Waals surface area contributed by atoms with Gasteiger partial charge in [0.2, 0.25) is 11.0 Å². The van der Waals surface area contributed by atoms with Gasteiger partial charge in [-0.05, 0) is 55.4 Å². The Balaban J connectivity index is 1.96. The van der Waals surface area contributed by atoms with Gasteiger partial charge in [0.25, 0.3) is 0 Å². The van der Waals surface area contributed by atoms with Crippen molar-refractivity contribution < 1.29 is 14.3 Å². The highest BCUT2D eigenvalue weighted by atomic mass is 32.1. The molecule has 0 saturated carbocycles. The van der Waals surface area contributed by atoms with Crippen molar-refractivity contribution in [2.75, 3.05) is 31.0 Å². The standard InChI is InChI=1S/C20H22N4O3S2/c1-12-5-6-13(2)15(9-12)21-18(25)11-24(19-22-23-20(28)29-19)16-10-14(26-3)7-8-17(16)27-4/h5-10H,11H2,1-4H3,(H,21,25)(H,23,28). The Bertz CT molecular complexity index is 1080. The molecule has 0 aliphatic rings. The summed E-state index contributed by atoms with van der Waals surface area (Å²) in [6.45, 7) is 3.96. The van der Waals surface area contributed by atoms with E-state index in [4.69, 9.17) is 21.7 Å². The Kier molecular flexibility index (Phi) is 6.50. The van der Waals surface area contributed by atoms with Crippen molar-refractivity contribution in [3.05, 3.63) is 51.5 Å². The minimum absolute atomic E-state index is 0.0209. The van der Waals surface area contributed by atoms with Crippen LogP contribution >= 0.6 is 23.6 Å². The number of carbonyl (C=O) groups is 1. The Morgan fingerprint density at radius 1 is 1.21 bits per heavy atom. The number of aromatic nitrogens is 2. The van der Waals surface area contributed by atoms with Crippen LogP contribution in [0.2, 0.25) is 0 Å². The summed E-state index contributed by atoms with van der Waals surface area (Å²) >= 11 is 6.45. The predicted molar refractivity (Wildman–Crippen MR) is 118 cm³/mol. The molecule has 0 atom stereocenters. The third-order valence-corrected chi connectivity index (χ3v) is 5.42. The number of rotatable bonds is 7. The van der Waals surface area contributed by atoms with Crippen LogP contribution in [-0.4, -0.2) is 36.9 Å². The average molecular weight is 431 g/mol. The molecule has 7 nitrogen and oxygen atoms in total. The number of ether oxygens (including phenoxy) is 2. The second-order valence-electron chi connectivity index (χ2n) is 6.39. The summed E-state index contributed by atoms with van der Waals surface area (Å²) in [7, 11) is 3.16. The first-order chi connectivity index (χ1) is 13.9. The van der Waals surface area contributed by atoms with Gasteiger partial charge in [0.1, 0.15) is 18.0 Å². The van der Waals surface area contributed by atoms with Gasteiger partial charge >= 0.3 is 0 Å². The van der Waals surface area contributed by atoms with Crippen LogP contribution in [0.3, 0.4) is 0 Å². The van der Waals surface area contributed by atoms with Crippen LogP contribution < -0.4 is 19.7 Å². The number of aryl methyl sites for hydroxylation is 2. The largest absolute Gasteiger partial charge is 0.497 e. The van der Waals surface area contributed by atoms with Crippen molar-refractivity contribution >= 4 is 46.0 Å². The molecule has 0 aliphatic heterocycles. The van der Waals surface area contributed by atoms with Crippen molar-refractivity contribution in [2.24, 2.45) is 0 Å². The monoisotopic (exact) mass is 430 g/mol. The minimum Gasteiger partial charge on any atom is -0.497 e. The number of carbonyl (C=O) groups excluding carboxylic acids is 1. The molecule has 0 spiro atoms. The van der Waals surface area contributed by atoms with Gasteiger partial charge in [0, 0.05) is 11.8 Å². The third kappa shape index (κ3) is 4.93. The van der Waals surface area contributed by atoms with E-state index in [1.807, 2.05) is 32.0 Å². The van der Waals surface area contributed by atoms with E-state index < -0.39 is 0 Å². The number of amides is 1. The summed E-state index contributed by atoms with van der Waals surface area (Å²) in [5.41, 5.74) is 3.50. The zero-order valence-corrected chi connectivity index (χ0v) is 18.2.